The van der Waals surface area contributed by atoms with Crippen LogP contribution in [0.2, 0.25) is 0 Å². The number of rotatable bonds is 4. The second kappa shape index (κ2) is 4.52. The summed E-state index contributed by atoms with van der Waals surface area (Å²) in [7, 11) is 0. The highest BCUT2D eigenvalue weighted by atomic mass is 19.4. The van der Waals surface area contributed by atoms with E-state index >= 15 is 0 Å². The van der Waals surface area contributed by atoms with Gasteiger partial charge in [0.05, 0.1) is 0 Å². The first-order valence-corrected chi connectivity index (χ1v) is 5.89. The van der Waals surface area contributed by atoms with Gasteiger partial charge in [-0.05, 0) is 17.8 Å². The average Bonchev–Trinajstić information content (AvgIpc) is 2.93. The van der Waals surface area contributed by atoms with Crippen LogP contribution in [-0.4, -0.2) is 16.5 Å². The molecule has 8 heteroatoms. The number of alkyl halides is 3. The summed E-state index contributed by atoms with van der Waals surface area (Å²) in [4.78, 5) is 7.14. The molecule has 5 nitrogen and oxygen atoms in total. The van der Waals surface area contributed by atoms with E-state index in [-0.39, 0.29) is 17.2 Å². The molecule has 1 atom stereocenters. The summed E-state index contributed by atoms with van der Waals surface area (Å²) in [6, 6.07) is 0.885. The number of anilines is 2. The quantitative estimate of drug-likeness (QED) is 0.580. The van der Waals surface area contributed by atoms with Crippen molar-refractivity contribution < 1.29 is 13.2 Å². The minimum absolute atomic E-state index is 0.123. The Morgan fingerprint density at radius 1 is 1.42 bits per heavy atom. The summed E-state index contributed by atoms with van der Waals surface area (Å²) in [6.45, 7) is 4.83. The molecule has 1 unspecified atom stereocenters. The third-order valence-electron chi connectivity index (χ3n) is 3.39. The molecule has 2 rings (SSSR count). The van der Waals surface area contributed by atoms with Gasteiger partial charge >= 0.3 is 6.18 Å². The number of nitrogens with two attached hydrogens (primary N) is 1. The average molecular weight is 275 g/mol. The standard InChI is InChI=1S/C11H16F3N5/c1-10(2)4-6(10)5-16-8-3-7(11(12,13)14)17-9(18-8)19-15/h3,6H,4-5,15H2,1-2H3,(H2,16,17,18,19). The molecule has 4 N–H and O–H groups in total. The van der Waals surface area contributed by atoms with Crippen molar-refractivity contribution in [3.05, 3.63) is 11.8 Å². The molecule has 1 heterocycles. The van der Waals surface area contributed by atoms with E-state index in [0.29, 0.717) is 12.5 Å². The summed E-state index contributed by atoms with van der Waals surface area (Å²) in [5.41, 5.74) is 1.27. The molecule has 1 aliphatic rings. The summed E-state index contributed by atoms with van der Waals surface area (Å²) in [6.07, 6.45) is -3.47. The molecule has 0 saturated heterocycles. The predicted octanol–water partition coefficient (Wildman–Crippen LogP) is 2.24. The molecule has 0 aromatic carbocycles. The zero-order chi connectivity index (χ0) is 14.3. The van der Waals surface area contributed by atoms with Gasteiger partial charge in [0.2, 0.25) is 5.95 Å². The van der Waals surface area contributed by atoms with Gasteiger partial charge in [-0.2, -0.15) is 18.2 Å². The van der Waals surface area contributed by atoms with Crippen molar-refractivity contribution in [1.82, 2.24) is 9.97 Å². The maximum absolute atomic E-state index is 12.6. The fourth-order valence-corrected chi connectivity index (χ4v) is 1.90. The molecule has 19 heavy (non-hydrogen) atoms. The van der Waals surface area contributed by atoms with Gasteiger partial charge in [-0.25, -0.2) is 10.8 Å². The molecule has 0 aliphatic heterocycles. The number of nitrogens with one attached hydrogen (secondary N) is 2. The Labute approximate surface area is 108 Å². The van der Waals surface area contributed by atoms with Crippen LogP contribution in [0, 0.1) is 11.3 Å². The fourth-order valence-electron chi connectivity index (χ4n) is 1.90. The third kappa shape index (κ3) is 3.25. The van der Waals surface area contributed by atoms with Crippen LogP contribution < -0.4 is 16.6 Å². The Morgan fingerprint density at radius 3 is 2.53 bits per heavy atom. The van der Waals surface area contributed by atoms with Crippen molar-refractivity contribution in [1.29, 1.82) is 0 Å². The monoisotopic (exact) mass is 275 g/mol. The Balaban J connectivity index is 2.11. The van der Waals surface area contributed by atoms with Gasteiger partial charge in [-0.3, -0.25) is 5.43 Å². The number of nitrogens with zero attached hydrogens (tertiary/aromatic N) is 2. The van der Waals surface area contributed by atoms with Gasteiger partial charge in [0.1, 0.15) is 5.82 Å². The summed E-state index contributed by atoms with van der Waals surface area (Å²) >= 11 is 0. The number of halogens is 3. The lowest BCUT2D eigenvalue weighted by Gasteiger charge is -2.11. The molecule has 1 aromatic rings. The van der Waals surface area contributed by atoms with E-state index < -0.39 is 11.9 Å². The molecule has 0 spiro atoms. The zero-order valence-electron chi connectivity index (χ0n) is 10.7. The van der Waals surface area contributed by atoms with Gasteiger partial charge in [-0.1, -0.05) is 13.8 Å². The SMILES string of the molecule is CC1(C)CC1CNc1cc(C(F)(F)F)nc(NN)n1. The van der Waals surface area contributed by atoms with E-state index in [0.717, 1.165) is 12.5 Å². The maximum Gasteiger partial charge on any atom is 0.433 e. The molecular formula is C11H16F3N5. The molecule has 0 radical (unpaired) electrons. The smallest absolute Gasteiger partial charge is 0.370 e. The van der Waals surface area contributed by atoms with E-state index in [1.165, 1.54) is 0 Å². The summed E-state index contributed by atoms with van der Waals surface area (Å²) in [5.74, 6) is 5.39. The Kier molecular flexibility index (Phi) is 3.29. The largest absolute Gasteiger partial charge is 0.433 e. The van der Waals surface area contributed by atoms with Gasteiger partial charge in [-0.15, -0.1) is 0 Å². The highest BCUT2D eigenvalue weighted by molar-refractivity contribution is 5.42. The van der Waals surface area contributed by atoms with Crippen LogP contribution >= 0.6 is 0 Å². The van der Waals surface area contributed by atoms with E-state index in [1.54, 1.807) is 0 Å². The second-order valence-corrected chi connectivity index (χ2v) is 5.37. The highest BCUT2D eigenvalue weighted by Crippen LogP contribution is 2.51. The van der Waals surface area contributed by atoms with E-state index in [4.69, 9.17) is 5.84 Å². The Morgan fingerprint density at radius 2 is 2.05 bits per heavy atom. The lowest BCUT2D eigenvalue weighted by atomic mass is 10.1. The third-order valence-corrected chi connectivity index (χ3v) is 3.39. The lowest BCUT2D eigenvalue weighted by Crippen LogP contribution is -2.17. The van der Waals surface area contributed by atoms with Crippen LogP contribution in [0.1, 0.15) is 26.0 Å². The first-order valence-electron chi connectivity index (χ1n) is 5.89. The molecule has 1 aromatic heterocycles. The highest BCUT2D eigenvalue weighted by Gasteiger charge is 2.45. The number of hydrazine groups is 1. The number of hydrogen-bond acceptors (Lipinski definition) is 5. The summed E-state index contributed by atoms with van der Waals surface area (Å²) in [5, 5.41) is 2.90. The molecule has 1 aliphatic carbocycles. The Bertz CT molecular complexity index is 472. The van der Waals surface area contributed by atoms with Crippen molar-refractivity contribution in [2.24, 2.45) is 17.2 Å². The van der Waals surface area contributed by atoms with Crippen LogP contribution in [0.4, 0.5) is 24.9 Å². The Hall–Kier alpha value is -1.57. The number of hydrogen-bond donors (Lipinski definition) is 3. The van der Waals surface area contributed by atoms with Crippen molar-refractivity contribution in [2.75, 3.05) is 17.3 Å². The maximum atomic E-state index is 12.6. The molecule has 0 amide bonds. The molecule has 1 fully saturated rings. The topological polar surface area (TPSA) is 75.9 Å². The first-order chi connectivity index (χ1) is 8.72. The minimum Gasteiger partial charge on any atom is -0.370 e. The molecule has 1 saturated carbocycles. The predicted molar refractivity (Wildman–Crippen MR) is 65.2 cm³/mol. The van der Waals surface area contributed by atoms with E-state index in [9.17, 15) is 13.2 Å². The van der Waals surface area contributed by atoms with Crippen molar-refractivity contribution >= 4 is 11.8 Å². The number of aromatic nitrogens is 2. The van der Waals surface area contributed by atoms with E-state index in [2.05, 4.69) is 29.1 Å². The first kappa shape index (κ1) is 13.9. The van der Waals surface area contributed by atoms with Crippen LogP contribution in [0.15, 0.2) is 6.07 Å². The minimum atomic E-state index is -4.52. The molecule has 106 valence electrons. The fraction of sp³-hybridized carbons (Fsp3) is 0.636. The molecular weight excluding hydrogens is 259 g/mol. The van der Waals surface area contributed by atoms with Gasteiger partial charge in [0.15, 0.2) is 5.69 Å². The lowest BCUT2D eigenvalue weighted by molar-refractivity contribution is -0.141. The van der Waals surface area contributed by atoms with Crippen LogP contribution in [0.3, 0.4) is 0 Å². The summed E-state index contributed by atoms with van der Waals surface area (Å²) < 4.78 is 37.9. The van der Waals surface area contributed by atoms with Crippen molar-refractivity contribution in [2.45, 2.75) is 26.4 Å². The molecule has 0 bridgehead atoms. The van der Waals surface area contributed by atoms with Gasteiger partial charge < -0.3 is 5.32 Å². The van der Waals surface area contributed by atoms with Crippen molar-refractivity contribution in [3.8, 4) is 0 Å². The van der Waals surface area contributed by atoms with Crippen LogP contribution in [-0.2, 0) is 6.18 Å². The van der Waals surface area contributed by atoms with Gasteiger partial charge in [0.25, 0.3) is 0 Å². The van der Waals surface area contributed by atoms with Gasteiger partial charge in [0, 0.05) is 12.6 Å². The van der Waals surface area contributed by atoms with Crippen LogP contribution in [0.5, 0.6) is 0 Å². The number of nitrogen functional groups attached to an aromatic ring is 1. The normalized spacial score (nSPS) is 21.1. The van der Waals surface area contributed by atoms with E-state index in [1.807, 2.05) is 5.43 Å². The second-order valence-electron chi connectivity index (χ2n) is 5.37. The van der Waals surface area contributed by atoms with Crippen molar-refractivity contribution in [3.63, 3.8) is 0 Å². The zero-order valence-corrected chi connectivity index (χ0v) is 10.7. The van der Waals surface area contributed by atoms with Crippen LogP contribution in [0.25, 0.3) is 0 Å².